The summed E-state index contributed by atoms with van der Waals surface area (Å²) in [5.74, 6) is 0. The van der Waals surface area contributed by atoms with Crippen LogP contribution in [-0.2, 0) is 0 Å². The van der Waals surface area contributed by atoms with Gasteiger partial charge in [-0.3, -0.25) is 0 Å². The highest BCUT2D eigenvalue weighted by atomic mass is 32.1. The molecule has 0 saturated carbocycles. The molecule has 0 aromatic carbocycles. The minimum atomic E-state index is 0.842. The summed E-state index contributed by atoms with van der Waals surface area (Å²) in [5.41, 5.74) is 2.44. The van der Waals surface area contributed by atoms with Crippen molar-refractivity contribution in [2.75, 3.05) is 6.54 Å². The molecule has 2 heteroatoms. The maximum absolute atomic E-state index is 5.17. The molecule has 0 aromatic rings. The minimum absolute atomic E-state index is 0.842. The first-order valence-corrected chi connectivity index (χ1v) is 4.47. The fraction of sp³-hybridized carbons (Fsp3) is 0.300. The summed E-state index contributed by atoms with van der Waals surface area (Å²) in [4.78, 5) is 0.842. The lowest BCUT2D eigenvalue weighted by atomic mass is 9.99. The Hall–Kier alpha value is -0.890. The Morgan fingerprint density at radius 2 is 2.33 bits per heavy atom. The van der Waals surface area contributed by atoms with Crippen molar-refractivity contribution in [3.05, 3.63) is 36.0 Å². The quantitative estimate of drug-likeness (QED) is 0.490. The molecule has 0 spiro atoms. The molecule has 0 atom stereocenters. The topological polar surface area (TPSA) is 12.0 Å². The van der Waals surface area contributed by atoms with Gasteiger partial charge in [-0.15, -0.1) is 0 Å². The summed E-state index contributed by atoms with van der Waals surface area (Å²) in [6.07, 6.45) is 6.90. The lowest BCUT2D eigenvalue weighted by molar-refractivity contribution is 0.843. The van der Waals surface area contributed by atoms with E-state index < -0.39 is 0 Å². The first-order valence-electron chi connectivity index (χ1n) is 4.06. The zero-order valence-electron chi connectivity index (χ0n) is 7.26. The van der Waals surface area contributed by atoms with E-state index in [2.05, 4.69) is 18.0 Å². The van der Waals surface area contributed by atoms with Gasteiger partial charge < -0.3 is 5.32 Å². The Morgan fingerprint density at radius 1 is 1.58 bits per heavy atom. The number of hydrogen-bond donors (Lipinski definition) is 1. The van der Waals surface area contributed by atoms with Crippen LogP contribution in [0.3, 0.4) is 0 Å². The van der Waals surface area contributed by atoms with Crippen LogP contribution in [0.5, 0.6) is 0 Å². The minimum Gasteiger partial charge on any atom is -0.375 e. The molecule has 1 aliphatic rings. The Kier molecular flexibility index (Phi) is 3.23. The van der Waals surface area contributed by atoms with Gasteiger partial charge in [0, 0.05) is 12.1 Å². The Morgan fingerprint density at radius 3 is 2.92 bits per heavy atom. The summed E-state index contributed by atoms with van der Waals surface area (Å²) in [5, 5.41) is 3.16. The molecule has 0 unspecified atom stereocenters. The van der Waals surface area contributed by atoms with Crippen molar-refractivity contribution >= 4 is 17.2 Å². The van der Waals surface area contributed by atoms with Gasteiger partial charge >= 0.3 is 0 Å². The molecule has 1 fully saturated rings. The van der Waals surface area contributed by atoms with E-state index in [1.54, 1.807) is 6.08 Å². The second kappa shape index (κ2) is 4.21. The van der Waals surface area contributed by atoms with Gasteiger partial charge in [0.15, 0.2) is 0 Å². The molecule has 1 heterocycles. The van der Waals surface area contributed by atoms with Gasteiger partial charge in [0.2, 0.25) is 0 Å². The van der Waals surface area contributed by atoms with Gasteiger partial charge in [-0.25, -0.2) is 0 Å². The molecule has 64 valence electrons. The van der Waals surface area contributed by atoms with E-state index in [1.165, 1.54) is 5.57 Å². The zero-order valence-corrected chi connectivity index (χ0v) is 8.08. The maximum atomic E-state index is 5.17. The molecular weight excluding hydrogens is 166 g/mol. The van der Waals surface area contributed by atoms with E-state index in [9.17, 15) is 0 Å². The summed E-state index contributed by atoms with van der Waals surface area (Å²) < 4.78 is 0. The van der Waals surface area contributed by atoms with Crippen molar-refractivity contribution < 1.29 is 0 Å². The van der Waals surface area contributed by atoms with Gasteiger partial charge in [0.25, 0.3) is 0 Å². The van der Waals surface area contributed by atoms with Crippen molar-refractivity contribution in [2.24, 2.45) is 0 Å². The van der Waals surface area contributed by atoms with E-state index in [1.807, 2.05) is 13.0 Å². The highest BCUT2D eigenvalue weighted by Gasteiger charge is 2.13. The molecule has 0 aromatic heterocycles. The maximum Gasteiger partial charge on any atom is 0.106 e. The average Bonchev–Trinajstić information content (AvgIpc) is 2.09. The van der Waals surface area contributed by atoms with Crippen LogP contribution in [0.25, 0.3) is 0 Å². The third-order valence-corrected chi connectivity index (χ3v) is 2.27. The molecular formula is C10H13NS. The summed E-state index contributed by atoms with van der Waals surface area (Å²) in [7, 11) is 0. The lowest BCUT2D eigenvalue weighted by Gasteiger charge is -2.20. The second-order valence-corrected chi connectivity index (χ2v) is 3.04. The van der Waals surface area contributed by atoms with Crippen molar-refractivity contribution in [3.63, 3.8) is 0 Å². The largest absolute Gasteiger partial charge is 0.375 e. The molecule has 1 N–H and O–H groups in total. The summed E-state index contributed by atoms with van der Waals surface area (Å²) in [6, 6.07) is 0. The van der Waals surface area contributed by atoms with Crippen molar-refractivity contribution in [2.45, 2.75) is 13.3 Å². The van der Waals surface area contributed by atoms with Crippen LogP contribution >= 0.6 is 12.2 Å². The highest BCUT2D eigenvalue weighted by Crippen LogP contribution is 2.18. The van der Waals surface area contributed by atoms with Gasteiger partial charge in [0.05, 0.1) is 0 Å². The number of piperidine rings is 1. The smallest absolute Gasteiger partial charge is 0.106 e. The molecule has 12 heavy (non-hydrogen) atoms. The normalized spacial score (nSPS) is 24.2. The molecule has 0 amide bonds. The van der Waals surface area contributed by atoms with E-state index >= 15 is 0 Å². The molecule has 1 aliphatic heterocycles. The first-order chi connectivity index (χ1) is 5.79. The predicted octanol–water partition coefficient (Wildman–Crippen LogP) is 2.37. The molecule has 0 radical (unpaired) electrons. The third kappa shape index (κ3) is 1.83. The monoisotopic (exact) mass is 179 g/mol. The van der Waals surface area contributed by atoms with Crippen molar-refractivity contribution in [1.82, 2.24) is 5.32 Å². The van der Waals surface area contributed by atoms with Crippen molar-refractivity contribution in [3.8, 4) is 0 Å². The molecule has 1 nitrogen and oxygen atoms in total. The second-order valence-electron chi connectivity index (χ2n) is 2.64. The average molecular weight is 179 g/mol. The zero-order chi connectivity index (χ0) is 8.97. The standard InChI is InChI=1S/C10H13NS/c1-3-5-9-8(4-2)6-7-11-10(9)12/h3-5H,1,6-7H2,2H3,(H,11,12). The number of allylic oxidation sites excluding steroid dienone is 3. The van der Waals surface area contributed by atoms with Crippen LogP contribution < -0.4 is 5.32 Å². The van der Waals surface area contributed by atoms with Crippen LogP contribution in [0.4, 0.5) is 0 Å². The SMILES string of the molecule is C=CC=C1C(=S)NCCC1=CC. The lowest BCUT2D eigenvalue weighted by Crippen LogP contribution is -2.30. The van der Waals surface area contributed by atoms with Gasteiger partial charge in [0.1, 0.15) is 4.99 Å². The van der Waals surface area contributed by atoms with Crippen LogP contribution in [-0.4, -0.2) is 11.5 Å². The highest BCUT2D eigenvalue weighted by molar-refractivity contribution is 7.80. The molecule has 1 rings (SSSR count). The number of hydrogen-bond acceptors (Lipinski definition) is 1. The number of rotatable bonds is 1. The fourth-order valence-corrected chi connectivity index (χ4v) is 1.59. The summed E-state index contributed by atoms with van der Waals surface area (Å²) >= 11 is 5.17. The Balaban J connectivity index is 2.95. The summed E-state index contributed by atoms with van der Waals surface area (Å²) in [6.45, 7) is 6.66. The van der Waals surface area contributed by atoms with E-state index in [0.717, 1.165) is 23.5 Å². The van der Waals surface area contributed by atoms with Crippen molar-refractivity contribution in [1.29, 1.82) is 0 Å². The van der Waals surface area contributed by atoms with Gasteiger partial charge in [-0.05, 0) is 18.9 Å². The molecule has 1 saturated heterocycles. The first kappa shape index (κ1) is 9.20. The van der Waals surface area contributed by atoms with E-state index in [-0.39, 0.29) is 0 Å². The van der Waals surface area contributed by atoms with Crippen LogP contribution in [0.2, 0.25) is 0 Å². The Labute approximate surface area is 78.9 Å². The van der Waals surface area contributed by atoms with E-state index in [4.69, 9.17) is 12.2 Å². The Bertz CT molecular complexity index is 261. The molecule has 0 bridgehead atoms. The van der Waals surface area contributed by atoms with Crippen LogP contribution in [0.1, 0.15) is 13.3 Å². The number of thiocarbonyl (C=S) groups is 1. The third-order valence-electron chi connectivity index (χ3n) is 1.90. The van der Waals surface area contributed by atoms with Gasteiger partial charge in [-0.1, -0.05) is 37.0 Å². The van der Waals surface area contributed by atoms with Gasteiger partial charge in [-0.2, -0.15) is 0 Å². The predicted molar refractivity (Wildman–Crippen MR) is 57.3 cm³/mol. The van der Waals surface area contributed by atoms with E-state index in [0.29, 0.717) is 0 Å². The fourth-order valence-electron chi connectivity index (χ4n) is 1.29. The van der Waals surface area contributed by atoms with Crippen LogP contribution in [0.15, 0.2) is 36.0 Å². The number of nitrogens with one attached hydrogen (secondary N) is 1. The van der Waals surface area contributed by atoms with Crippen LogP contribution in [0, 0.1) is 0 Å². The molecule has 0 aliphatic carbocycles.